The van der Waals surface area contributed by atoms with E-state index in [-0.39, 0.29) is 11.5 Å². The first-order valence-corrected chi connectivity index (χ1v) is 10.6. The summed E-state index contributed by atoms with van der Waals surface area (Å²) in [5.74, 6) is -0.464. The van der Waals surface area contributed by atoms with Crippen molar-refractivity contribution in [3.05, 3.63) is 59.9 Å². The fourth-order valence-electron chi connectivity index (χ4n) is 3.20. The summed E-state index contributed by atoms with van der Waals surface area (Å²) in [5.41, 5.74) is 2.07. The standard InChI is InChI=1S/C20H24N2O4S/c1-16-8-10-18(11-9-16)27(24,25)22-13-3-7-19(22)20(23)26-14-4-6-17-5-2-12-21-15-17/h2,5,8-12,15,19H,3-4,6-7,13-14H2,1H3/t19-/m0/s1. The quantitative estimate of drug-likeness (QED) is 0.538. The van der Waals surface area contributed by atoms with E-state index in [0.717, 1.165) is 17.5 Å². The molecule has 1 saturated heterocycles. The summed E-state index contributed by atoms with van der Waals surface area (Å²) < 4.78 is 32.4. The second-order valence-electron chi connectivity index (χ2n) is 6.72. The van der Waals surface area contributed by atoms with Crippen LogP contribution in [0, 0.1) is 6.92 Å². The van der Waals surface area contributed by atoms with Crippen LogP contribution in [-0.2, 0) is 26.0 Å². The van der Waals surface area contributed by atoms with Crippen LogP contribution in [0.5, 0.6) is 0 Å². The molecule has 1 aliphatic heterocycles. The number of carbonyl (C=O) groups excluding carboxylic acids is 1. The molecule has 0 N–H and O–H groups in total. The molecule has 1 aromatic heterocycles. The molecule has 144 valence electrons. The number of sulfonamides is 1. The van der Waals surface area contributed by atoms with Crippen molar-refractivity contribution < 1.29 is 17.9 Å². The van der Waals surface area contributed by atoms with Crippen molar-refractivity contribution in [2.75, 3.05) is 13.2 Å². The van der Waals surface area contributed by atoms with E-state index in [2.05, 4.69) is 4.98 Å². The molecule has 1 fully saturated rings. The second kappa shape index (κ2) is 8.63. The third-order valence-corrected chi connectivity index (χ3v) is 6.60. The Hall–Kier alpha value is -2.25. The summed E-state index contributed by atoms with van der Waals surface area (Å²) >= 11 is 0. The van der Waals surface area contributed by atoms with Crippen molar-refractivity contribution in [2.24, 2.45) is 0 Å². The molecule has 6 nitrogen and oxygen atoms in total. The lowest BCUT2D eigenvalue weighted by atomic mass is 10.2. The first-order valence-electron chi connectivity index (χ1n) is 9.12. The molecular formula is C20H24N2O4S. The van der Waals surface area contributed by atoms with Crippen molar-refractivity contribution in [1.82, 2.24) is 9.29 Å². The molecule has 0 aliphatic carbocycles. The highest BCUT2D eigenvalue weighted by Gasteiger charge is 2.40. The van der Waals surface area contributed by atoms with Crippen LogP contribution in [0.2, 0.25) is 0 Å². The Balaban J connectivity index is 1.58. The molecule has 0 unspecified atom stereocenters. The van der Waals surface area contributed by atoms with Gasteiger partial charge in [-0.3, -0.25) is 9.78 Å². The third-order valence-electron chi connectivity index (χ3n) is 4.68. The van der Waals surface area contributed by atoms with E-state index in [1.54, 1.807) is 36.7 Å². The molecule has 0 amide bonds. The maximum absolute atomic E-state index is 12.9. The molecule has 2 aromatic rings. The fraction of sp³-hybridized carbons (Fsp3) is 0.400. The lowest BCUT2D eigenvalue weighted by Gasteiger charge is -2.22. The summed E-state index contributed by atoms with van der Waals surface area (Å²) in [5, 5.41) is 0. The van der Waals surface area contributed by atoms with E-state index < -0.39 is 22.0 Å². The van der Waals surface area contributed by atoms with Crippen LogP contribution in [0.25, 0.3) is 0 Å². The van der Waals surface area contributed by atoms with Gasteiger partial charge >= 0.3 is 5.97 Å². The number of nitrogens with zero attached hydrogens (tertiary/aromatic N) is 2. The molecule has 0 bridgehead atoms. The Kier molecular flexibility index (Phi) is 6.23. The molecule has 0 spiro atoms. The fourth-order valence-corrected chi connectivity index (χ4v) is 4.85. The van der Waals surface area contributed by atoms with Gasteiger partial charge in [0, 0.05) is 18.9 Å². The van der Waals surface area contributed by atoms with E-state index in [0.29, 0.717) is 25.8 Å². The van der Waals surface area contributed by atoms with Crippen molar-refractivity contribution >= 4 is 16.0 Å². The van der Waals surface area contributed by atoms with E-state index in [4.69, 9.17) is 4.74 Å². The number of rotatable bonds is 7. The minimum Gasteiger partial charge on any atom is -0.464 e. The van der Waals surface area contributed by atoms with E-state index in [9.17, 15) is 13.2 Å². The number of pyridine rings is 1. The van der Waals surface area contributed by atoms with Gasteiger partial charge in [0.15, 0.2) is 0 Å². The van der Waals surface area contributed by atoms with Crippen LogP contribution < -0.4 is 0 Å². The summed E-state index contributed by atoms with van der Waals surface area (Å²) in [6, 6.07) is 9.78. The van der Waals surface area contributed by atoms with Gasteiger partial charge in [0.2, 0.25) is 10.0 Å². The van der Waals surface area contributed by atoms with Crippen LogP contribution in [0.15, 0.2) is 53.7 Å². The van der Waals surface area contributed by atoms with Gasteiger partial charge in [-0.05, 0) is 56.4 Å². The highest BCUT2D eigenvalue weighted by atomic mass is 32.2. The molecule has 27 heavy (non-hydrogen) atoms. The first kappa shape index (κ1) is 19.5. The smallest absolute Gasteiger partial charge is 0.324 e. The van der Waals surface area contributed by atoms with E-state index >= 15 is 0 Å². The molecular weight excluding hydrogens is 364 g/mol. The van der Waals surface area contributed by atoms with Crippen molar-refractivity contribution in [3.8, 4) is 0 Å². The maximum atomic E-state index is 12.9. The summed E-state index contributed by atoms with van der Waals surface area (Å²) in [6.07, 6.45) is 6.08. The second-order valence-corrected chi connectivity index (χ2v) is 8.61. The van der Waals surface area contributed by atoms with Gasteiger partial charge in [-0.15, -0.1) is 0 Å². The Morgan fingerprint density at radius 2 is 2.04 bits per heavy atom. The van der Waals surface area contributed by atoms with Gasteiger partial charge in [0.05, 0.1) is 11.5 Å². The molecule has 1 aromatic carbocycles. The Labute approximate surface area is 160 Å². The number of ether oxygens (including phenoxy) is 1. The Morgan fingerprint density at radius 1 is 1.26 bits per heavy atom. The topological polar surface area (TPSA) is 76.6 Å². The highest BCUT2D eigenvalue weighted by Crippen LogP contribution is 2.27. The lowest BCUT2D eigenvalue weighted by Crippen LogP contribution is -2.41. The molecule has 0 radical (unpaired) electrons. The van der Waals surface area contributed by atoms with Crippen LogP contribution in [0.4, 0.5) is 0 Å². The molecule has 7 heteroatoms. The molecule has 0 saturated carbocycles. The number of aromatic nitrogens is 1. The first-order chi connectivity index (χ1) is 13.0. The number of benzene rings is 1. The van der Waals surface area contributed by atoms with Gasteiger partial charge in [-0.1, -0.05) is 23.8 Å². The number of aryl methyl sites for hydroxylation is 2. The number of hydrogen-bond donors (Lipinski definition) is 0. The summed E-state index contributed by atoms with van der Waals surface area (Å²) in [7, 11) is -3.70. The zero-order valence-electron chi connectivity index (χ0n) is 15.4. The monoisotopic (exact) mass is 388 g/mol. The van der Waals surface area contributed by atoms with E-state index in [1.807, 2.05) is 19.1 Å². The zero-order chi connectivity index (χ0) is 19.3. The SMILES string of the molecule is Cc1ccc(S(=O)(=O)N2CCC[C@H]2C(=O)OCCCc2cccnc2)cc1. The number of carbonyl (C=O) groups is 1. The largest absolute Gasteiger partial charge is 0.464 e. The van der Waals surface area contributed by atoms with Crippen molar-refractivity contribution in [3.63, 3.8) is 0 Å². The minimum atomic E-state index is -3.70. The highest BCUT2D eigenvalue weighted by molar-refractivity contribution is 7.89. The average Bonchev–Trinajstić information content (AvgIpc) is 3.17. The zero-order valence-corrected chi connectivity index (χ0v) is 16.2. The molecule has 1 aliphatic rings. The Morgan fingerprint density at radius 3 is 2.74 bits per heavy atom. The summed E-state index contributed by atoms with van der Waals surface area (Å²) in [4.78, 5) is 16.7. The predicted octanol–water partition coefficient (Wildman–Crippen LogP) is 2.72. The van der Waals surface area contributed by atoms with Crippen LogP contribution in [0.3, 0.4) is 0 Å². The Bertz CT molecular complexity index is 867. The van der Waals surface area contributed by atoms with Crippen molar-refractivity contribution in [1.29, 1.82) is 0 Å². The van der Waals surface area contributed by atoms with Crippen LogP contribution in [-0.4, -0.2) is 42.9 Å². The summed E-state index contributed by atoms with van der Waals surface area (Å²) in [6.45, 7) is 2.51. The van der Waals surface area contributed by atoms with Gasteiger partial charge in [0.1, 0.15) is 6.04 Å². The van der Waals surface area contributed by atoms with E-state index in [1.165, 1.54) is 4.31 Å². The molecule has 2 heterocycles. The number of esters is 1. The third kappa shape index (κ3) is 4.73. The van der Waals surface area contributed by atoms with Gasteiger partial charge in [0.25, 0.3) is 0 Å². The van der Waals surface area contributed by atoms with Crippen LogP contribution in [0.1, 0.15) is 30.4 Å². The van der Waals surface area contributed by atoms with Crippen molar-refractivity contribution in [2.45, 2.75) is 43.5 Å². The minimum absolute atomic E-state index is 0.212. The molecule has 3 rings (SSSR count). The number of hydrogen-bond acceptors (Lipinski definition) is 5. The maximum Gasteiger partial charge on any atom is 0.324 e. The predicted molar refractivity (Wildman–Crippen MR) is 102 cm³/mol. The van der Waals surface area contributed by atoms with Gasteiger partial charge < -0.3 is 4.74 Å². The molecule has 1 atom stereocenters. The van der Waals surface area contributed by atoms with Crippen LogP contribution >= 0.6 is 0 Å². The average molecular weight is 388 g/mol. The lowest BCUT2D eigenvalue weighted by molar-refractivity contribution is -0.147. The van der Waals surface area contributed by atoms with Gasteiger partial charge in [-0.25, -0.2) is 8.42 Å². The normalized spacial score (nSPS) is 17.7. The van der Waals surface area contributed by atoms with Gasteiger partial charge in [-0.2, -0.15) is 4.31 Å².